The van der Waals surface area contributed by atoms with E-state index in [1.165, 1.54) is 0 Å². The van der Waals surface area contributed by atoms with E-state index in [2.05, 4.69) is 27.5 Å². The van der Waals surface area contributed by atoms with Crippen LogP contribution in [-0.4, -0.2) is 29.5 Å². The number of H-pyrrole nitrogens is 1. The van der Waals surface area contributed by atoms with Gasteiger partial charge in [-0.05, 0) is 24.7 Å². The van der Waals surface area contributed by atoms with Crippen molar-refractivity contribution in [1.29, 1.82) is 0 Å². The van der Waals surface area contributed by atoms with E-state index in [1.807, 2.05) is 18.2 Å². The van der Waals surface area contributed by atoms with Crippen molar-refractivity contribution in [2.24, 2.45) is 0 Å². The first-order chi connectivity index (χ1) is 8.72. The number of rotatable bonds is 5. The van der Waals surface area contributed by atoms with E-state index in [0.29, 0.717) is 13.1 Å². The van der Waals surface area contributed by atoms with Crippen molar-refractivity contribution in [2.75, 3.05) is 13.6 Å². The second-order valence-electron chi connectivity index (χ2n) is 4.20. The van der Waals surface area contributed by atoms with Crippen molar-refractivity contribution in [3.05, 3.63) is 29.6 Å². The number of aryl methyl sites for hydroxylation is 1. The SMILES string of the molecule is CCc1nc2ccc(CNC(=O)CNC)cc2[nH]1. The molecule has 0 radical (unpaired) electrons. The number of nitrogens with one attached hydrogen (secondary N) is 3. The largest absolute Gasteiger partial charge is 0.351 e. The monoisotopic (exact) mass is 246 g/mol. The van der Waals surface area contributed by atoms with E-state index in [4.69, 9.17) is 0 Å². The van der Waals surface area contributed by atoms with Gasteiger partial charge in [-0.3, -0.25) is 4.79 Å². The maximum Gasteiger partial charge on any atom is 0.234 e. The van der Waals surface area contributed by atoms with E-state index in [9.17, 15) is 4.79 Å². The van der Waals surface area contributed by atoms with Gasteiger partial charge < -0.3 is 15.6 Å². The Morgan fingerprint density at radius 2 is 2.28 bits per heavy atom. The molecule has 0 aliphatic heterocycles. The number of aromatic amines is 1. The van der Waals surface area contributed by atoms with E-state index in [-0.39, 0.29) is 5.91 Å². The number of carbonyl (C=O) groups is 1. The summed E-state index contributed by atoms with van der Waals surface area (Å²) in [7, 11) is 1.75. The fraction of sp³-hybridized carbons (Fsp3) is 0.385. The first-order valence-electron chi connectivity index (χ1n) is 6.11. The van der Waals surface area contributed by atoms with Gasteiger partial charge in [0.25, 0.3) is 0 Å². The van der Waals surface area contributed by atoms with Gasteiger partial charge in [-0.1, -0.05) is 13.0 Å². The molecule has 1 aromatic carbocycles. The Morgan fingerprint density at radius 1 is 1.44 bits per heavy atom. The molecule has 2 rings (SSSR count). The molecule has 18 heavy (non-hydrogen) atoms. The summed E-state index contributed by atoms with van der Waals surface area (Å²) in [6, 6.07) is 5.99. The van der Waals surface area contributed by atoms with Gasteiger partial charge in [0.2, 0.25) is 5.91 Å². The number of fused-ring (bicyclic) bond motifs is 1. The molecule has 5 nitrogen and oxygen atoms in total. The van der Waals surface area contributed by atoms with E-state index in [1.54, 1.807) is 7.05 Å². The number of aromatic nitrogens is 2. The zero-order valence-corrected chi connectivity index (χ0v) is 10.7. The van der Waals surface area contributed by atoms with Crippen LogP contribution in [0.25, 0.3) is 11.0 Å². The van der Waals surface area contributed by atoms with Crippen molar-refractivity contribution in [3.63, 3.8) is 0 Å². The Kier molecular flexibility index (Phi) is 3.94. The predicted molar refractivity (Wildman–Crippen MR) is 71.2 cm³/mol. The summed E-state index contributed by atoms with van der Waals surface area (Å²) in [6.45, 7) is 2.94. The molecule has 0 fully saturated rings. The zero-order chi connectivity index (χ0) is 13.0. The normalized spacial score (nSPS) is 10.8. The quantitative estimate of drug-likeness (QED) is 0.736. The molecule has 1 aromatic heterocycles. The molecule has 0 atom stereocenters. The molecule has 3 N–H and O–H groups in total. The molecule has 0 unspecified atom stereocenters. The highest BCUT2D eigenvalue weighted by atomic mass is 16.1. The lowest BCUT2D eigenvalue weighted by atomic mass is 10.2. The van der Waals surface area contributed by atoms with Gasteiger partial charge in [0, 0.05) is 13.0 Å². The van der Waals surface area contributed by atoms with Crippen LogP contribution >= 0.6 is 0 Å². The molecular formula is C13H18N4O. The van der Waals surface area contributed by atoms with Gasteiger partial charge in [-0.2, -0.15) is 0 Å². The summed E-state index contributed by atoms with van der Waals surface area (Å²) in [4.78, 5) is 19.0. The maximum atomic E-state index is 11.3. The molecule has 0 saturated carbocycles. The van der Waals surface area contributed by atoms with Crippen LogP contribution < -0.4 is 10.6 Å². The molecule has 0 aliphatic carbocycles. The molecule has 2 aromatic rings. The number of hydrogen-bond acceptors (Lipinski definition) is 3. The lowest BCUT2D eigenvalue weighted by molar-refractivity contribution is -0.120. The third-order valence-corrected chi connectivity index (χ3v) is 2.76. The van der Waals surface area contributed by atoms with Crippen LogP contribution in [0.3, 0.4) is 0 Å². The summed E-state index contributed by atoms with van der Waals surface area (Å²) < 4.78 is 0. The molecule has 1 heterocycles. The fourth-order valence-electron chi connectivity index (χ4n) is 1.81. The summed E-state index contributed by atoms with van der Waals surface area (Å²) in [5, 5.41) is 5.67. The Balaban J connectivity index is 2.07. The second kappa shape index (κ2) is 5.64. The zero-order valence-electron chi connectivity index (χ0n) is 10.7. The standard InChI is InChI=1S/C13H18N4O/c1-3-12-16-10-5-4-9(6-11(10)17-12)7-15-13(18)8-14-2/h4-6,14H,3,7-8H2,1-2H3,(H,15,18)(H,16,17). The minimum atomic E-state index is -0.00328. The van der Waals surface area contributed by atoms with Gasteiger partial charge in [-0.25, -0.2) is 4.98 Å². The number of amides is 1. The minimum absolute atomic E-state index is 0.00328. The lowest BCUT2D eigenvalue weighted by Crippen LogP contribution is -2.31. The van der Waals surface area contributed by atoms with Crippen molar-refractivity contribution in [2.45, 2.75) is 19.9 Å². The van der Waals surface area contributed by atoms with Gasteiger partial charge in [0.1, 0.15) is 5.82 Å². The molecule has 0 spiro atoms. The Morgan fingerprint density at radius 3 is 3.00 bits per heavy atom. The number of nitrogens with zero attached hydrogens (tertiary/aromatic N) is 1. The van der Waals surface area contributed by atoms with E-state index >= 15 is 0 Å². The third kappa shape index (κ3) is 2.87. The molecule has 0 aliphatic rings. The van der Waals surface area contributed by atoms with Crippen molar-refractivity contribution in [1.82, 2.24) is 20.6 Å². The number of imidazole rings is 1. The Labute approximate surface area is 106 Å². The summed E-state index contributed by atoms with van der Waals surface area (Å²) in [6.07, 6.45) is 0.892. The highest BCUT2D eigenvalue weighted by molar-refractivity contribution is 5.78. The highest BCUT2D eigenvalue weighted by Crippen LogP contribution is 2.14. The predicted octanol–water partition coefficient (Wildman–Crippen LogP) is 0.961. The first-order valence-corrected chi connectivity index (χ1v) is 6.11. The molecule has 96 valence electrons. The van der Waals surface area contributed by atoms with Crippen LogP contribution in [0.5, 0.6) is 0 Å². The first kappa shape index (κ1) is 12.6. The van der Waals surface area contributed by atoms with Crippen LogP contribution in [-0.2, 0) is 17.8 Å². The second-order valence-corrected chi connectivity index (χ2v) is 4.20. The van der Waals surface area contributed by atoms with Crippen molar-refractivity contribution < 1.29 is 4.79 Å². The topological polar surface area (TPSA) is 69.8 Å². The average molecular weight is 246 g/mol. The van der Waals surface area contributed by atoms with Crippen LogP contribution in [0.1, 0.15) is 18.3 Å². The van der Waals surface area contributed by atoms with Crippen LogP contribution in [0.4, 0.5) is 0 Å². The summed E-state index contributed by atoms with van der Waals surface area (Å²) in [5.41, 5.74) is 3.06. The number of benzene rings is 1. The van der Waals surface area contributed by atoms with E-state index < -0.39 is 0 Å². The Hall–Kier alpha value is -1.88. The van der Waals surface area contributed by atoms with E-state index in [0.717, 1.165) is 28.8 Å². The summed E-state index contributed by atoms with van der Waals surface area (Å²) >= 11 is 0. The van der Waals surface area contributed by atoms with Crippen LogP contribution in [0.15, 0.2) is 18.2 Å². The molecule has 0 saturated heterocycles. The molecule has 5 heteroatoms. The van der Waals surface area contributed by atoms with Gasteiger partial charge >= 0.3 is 0 Å². The molecule has 0 bridgehead atoms. The van der Waals surface area contributed by atoms with Crippen LogP contribution in [0, 0.1) is 0 Å². The van der Waals surface area contributed by atoms with Crippen LogP contribution in [0.2, 0.25) is 0 Å². The third-order valence-electron chi connectivity index (χ3n) is 2.76. The fourth-order valence-corrected chi connectivity index (χ4v) is 1.81. The number of hydrogen-bond donors (Lipinski definition) is 3. The lowest BCUT2D eigenvalue weighted by Gasteiger charge is -2.04. The number of carbonyl (C=O) groups excluding carboxylic acids is 1. The van der Waals surface area contributed by atoms with Crippen molar-refractivity contribution >= 4 is 16.9 Å². The average Bonchev–Trinajstić information content (AvgIpc) is 2.78. The molecular weight excluding hydrogens is 228 g/mol. The van der Waals surface area contributed by atoms with Gasteiger partial charge in [0.05, 0.1) is 17.6 Å². The Bertz CT molecular complexity index is 547. The summed E-state index contributed by atoms with van der Waals surface area (Å²) in [5.74, 6) is 0.984. The molecule has 1 amide bonds. The highest BCUT2D eigenvalue weighted by Gasteiger charge is 2.03. The van der Waals surface area contributed by atoms with Crippen molar-refractivity contribution in [3.8, 4) is 0 Å². The van der Waals surface area contributed by atoms with Gasteiger partial charge in [0.15, 0.2) is 0 Å². The maximum absolute atomic E-state index is 11.3. The van der Waals surface area contributed by atoms with Gasteiger partial charge in [-0.15, -0.1) is 0 Å². The minimum Gasteiger partial charge on any atom is -0.351 e. The number of likely N-dealkylation sites (N-methyl/N-ethyl adjacent to an activating group) is 1. The smallest absolute Gasteiger partial charge is 0.234 e.